The maximum atomic E-state index is 13.3. The molecular weight excluding hydrogens is 373 g/mol. The number of carbonyl (C=O) groups excluding carboxylic acids is 2. The van der Waals surface area contributed by atoms with Gasteiger partial charge in [0.1, 0.15) is 0 Å². The van der Waals surface area contributed by atoms with Gasteiger partial charge in [0.05, 0.1) is 12.0 Å². The molecule has 4 rings (SSSR count). The third-order valence-corrected chi connectivity index (χ3v) is 6.06. The second kappa shape index (κ2) is 7.75. The molecule has 0 aromatic heterocycles. The molecular formula is C19H25Cl2N3O2. The summed E-state index contributed by atoms with van der Waals surface area (Å²) in [6.07, 6.45) is 3.76. The van der Waals surface area contributed by atoms with Crippen LogP contribution in [0.1, 0.15) is 31.2 Å². The van der Waals surface area contributed by atoms with Crippen LogP contribution in [0.4, 0.5) is 0 Å². The van der Waals surface area contributed by atoms with Gasteiger partial charge in [-0.05, 0) is 43.4 Å². The molecule has 1 aromatic carbocycles. The standard InChI is InChI=1S/C19H24ClN3O2.ClH/c20-15-5-3-14(4-6-15)19(7-8-19)18(25)22-10-1-2-16(13-22)23-11-9-21-12-17(23)24;/h3-6,16,21H,1-2,7-13H2;1H. The number of piperazine rings is 1. The van der Waals surface area contributed by atoms with Crippen molar-refractivity contribution in [3.8, 4) is 0 Å². The van der Waals surface area contributed by atoms with Crippen LogP contribution in [0.3, 0.4) is 0 Å². The number of hydrogen-bond acceptors (Lipinski definition) is 3. The Hall–Kier alpha value is -1.30. The third kappa shape index (κ3) is 3.57. The van der Waals surface area contributed by atoms with Crippen LogP contribution in [0.15, 0.2) is 24.3 Å². The first-order valence-corrected chi connectivity index (χ1v) is 9.53. The molecule has 1 aromatic rings. The van der Waals surface area contributed by atoms with Crippen molar-refractivity contribution >= 4 is 35.8 Å². The Morgan fingerprint density at radius 1 is 1.19 bits per heavy atom. The van der Waals surface area contributed by atoms with Gasteiger partial charge in [-0.3, -0.25) is 9.59 Å². The highest BCUT2D eigenvalue weighted by molar-refractivity contribution is 6.30. The van der Waals surface area contributed by atoms with Crippen molar-refractivity contribution in [3.05, 3.63) is 34.9 Å². The number of rotatable bonds is 3. The van der Waals surface area contributed by atoms with Gasteiger partial charge in [-0.15, -0.1) is 12.4 Å². The van der Waals surface area contributed by atoms with Gasteiger partial charge in [-0.1, -0.05) is 23.7 Å². The van der Waals surface area contributed by atoms with Gasteiger partial charge in [0.2, 0.25) is 11.8 Å². The number of piperidine rings is 1. The van der Waals surface area contributed by atoms with Crippen molar-refractivity contribution in [1.82, 2.24) is 15.1 Å². The fraction of sp³-hybridized carbons (Fsp3) is 0.579. The summed E-state index contributed by atoms with van der Waals surface area (Å²) in [6, 6.07) is 7.85. The van der Waals surface area contributed by atoms with E-state index in [1.54, 1.807) is 0 Å². The average molecular weight is 398 g/mol. The van der Waals surface area contributed by atoms with Gasteiger partial charge in [0.15, 0.2) is 0 Å². The number of nitrogens with one attached hydrogen (secondary N) is 1. The zero-order valence-electron chi connectivity index (χ0n) is 14.7. The van der Waals surface area contributed by atoms with Crippen LogP contribution < -0.4 is 5.32 Å². The van der Waals surface area contributed by atoms with E-state index in [9.17, 15) is 9.59 Å². The van der Waals surface area contributed by atoms with Crippen molar-refractivity contribution in [2.24, 2.45) is 0 Å². The number of hydrogen-bond donors (Lipinski definition) is 1. The molecule has 26 heavy (non-hydrogen) atoms. The monoisotopic (exact) mass is 397 g/mol. The summed E-state index contributed by atoms with van der Waals surface area (Å²) in [4.78, 5) is 29.4. The summed E-state index contributed by atoms with van der Waals surface area (Å²) < 4.78 is 0. The molecule has 2 heterocycles. The maximum Gasteiger partial charge on any atom is 0.236 e. The summed E-state index contributed by atoms with van der Waals surface area (Å²) in [5.74, 6) is 0.381. The number of nitrogens with zero attached hydrogens (tertiary/aromatic N) is 2. The Morgan fingerprint density at radius 3 is 2.58 bits per heavy atom. The minimum atomic E-state index is -0.361. The van der Waals surface area contributed by atoms with Crippen LogP contribution in [0, 0.1) is 0 Å². The summed E-state index contributed by atoms with van der Waals surface area (Å²) >= 11 is 5.99. The minimum absolute atomic E-state index is 0. The Kier molecular flexibility index (Phi) is 5.80. The first-order valence-electron chi connectivity index (χ1n) is 9.16. The molecule has 2 aliphatic heterocycles. The van der Waals surface area contributed by atoms with E-state index in [-0.39, 0.29) is 35.7 Å². The summed E-state index contributed by atoms with van der Waals surface area (Å²) in [6.45, 7) is 3.46. The Bertz CT molecular complexity index is 676. The summed E-state index contributed by atoms with van der Waals surface area (Å²) in [7, 11) is 0. The van der Waals surface area contributed by atoms with E-state index in [0.29, 0.717) is 18.1 Å². The minimum Gasteiger partial charge on any atom is -0.340 e. The quantitative estimate of drug-likeness (QED) is 0.850. The van der Waals surface area contributed by atoms with Crippen LogP contribution in [-0.4, -0.2) is 60.4 Å². The van der Waals surface area contributed by atoms with Crippen molar-refractivity contribution in [1.29, 1.82) is 0 Å². The molecule has 1 aliphatic carbocycles. The molecule has 7 heteroatoms. The average Bonchev–Trinajstić information content (AvgIpc) is 3.44. The lowest BCUT2D eigenvalue weighted by molar-refractivity contribution is -0.141. The van der Waals surface area contributed by atoms with Crippen molar-refractivity contribution in [2.45, 2.75) is 37.1 Å². The fourth-order valence-electron chi connectivity index (χ4n) is 4.22. The Morgan fingerprint density at radius 2 is 1.92 bits per heavy atom. The van der Waals surface area contributed by atoms with E-state index in [0.717, 1.165) is 50.9 Å². The zero-order valence-corrected chi connectivity index (χ0v) is 16.3. The molecule has 3 aliphatic rings. The first kappa shape index (κ1) is 19.5. The highest BCUT2D eigenvalue weighted by Crippen LogP contribution is 2.50. The van der Waals surface area contributed by atoms with Gasteiger partial charge in [0.25, 0.3) is 0 Å². The number of amides is 2. The highest BCUT2D eigenvalue weighted by atomic mass is 35.5. The molecule has 142 valence electrons. The van der Waals surface area contributed by atoms with Crippen molar-refractivity contribution < 1.29 is 9.59 Å². The van der Waals surface area contributed by atoms with E-state index in [2.05, 4.69) is 5.32 Å². The molecule has 0 bridgehead atoms. The molecule has 5 nitrogen and oxygen atoms in total. The molecule has 2 amide bonds. The maximum absolute atomic E-state index is 13.3. The van der Waals surface area contributed by atoms with Gasteiger partial charge in [-0.2, -0.15) is 0 Å². The zero-order chi connectivity index (χ0) is 17.4. The van der Waals surface area contributed by atoms with E-state index in [4.69, 9.17) is 11.6 Å². The lowest BCUT2D eigenvalue weighted by atomic mass is 9.92. The molecule has 0 radical (unpaired) electrons. The van der Waals surface area contributed by atoms with E-state index in [1.165, 1.54) is 0 Å². The van der Waals surface area contributed by atoms with Gasteiger partial charge < -0.3 is 15.1 Å². The SMILES string of the molecule is Cl.O=C1CNCCN1C1CCCN(C(=O)C2(c3ccc(Cl)cc3)CC2)C1. The summed E-state index contributed by atoms with van der Waals surface area (Å²) in [5.41, 5.74) is 0.710. The smallest absolute Gasteiger partial charge is 0.236 e. The van der Waals surface area contributed by atoms with E-state index >= 15 is 0 Å². The molecule has 0 spiro atoms. The molecule has 3 fully saturated rings. The third-order valence-electron chi connectivity index (χ3n) is 5.81. The largest absolute Gasteiger partial charge is 0.340 e. The first-order chi connectivity index (χ1) is 12.1. The van der Waals surface area contributed by atoms with Gasteiger partial charge in [-0.25, -0.2) is 0 Å². The van der Waals surface area contributed by atoms with Gasteiger partial charge >= 0.3 is 0 Å². The number of carbonyl (C=O) groups is 2. The van der Waals surface area contributed by atoms with Crippen LogP contribution in [-0.2, 0) is 15.0 Å². The normalized spacial score (nSPS) is 24.8. The van der Waals surface area contributed by atoms with Gasteiger partial charge in [0, 0.05) is 37.2 Å². The molecule has 1 N–H and O–H groups in total. The molecule has 1 atom stereocenters. The highest BCUT2D eigenvalue weighted by Gasteiger charge is 2.53. The topological polar surface area (TPSA) is 52.7 Å². The van der Waals surface area contributed by atoms with E-state index in [1.807, 2.05) is 34.1 Å². The Labute approximate surface area is 165 Å². The molecule has 1 unspecified atom stereocenters. The van der Waals surface area contributed by atoms with E-state index < -0.39 is 0 Å². The fourth-order valence-corrected chi connectivity index (χ4v) is 4.35. The van der Waals surface area contributed by atoms with Crippen molar-refractivity contribution in [3.63, 3.8) is 0 Å². The number of likely N-dealkylation sites (tertiary alicyclic amines) is 1. The number of halogens is 2. The second-order valence-electron chi connectivity index (χ2n) is 7.40. The number of benzene rings is 1. The van der Waals surface area contributed by atoms with Crippen LogP contribution in [0.25, 0.3) is 0 Å². The lowest BCUT2D eigenvalue weighted by Crippen LogP contribution is -2.58. The molecule has 1 saturated carbocycles. The Balaban J connectivity index is 0.00000196. The van der Waals surface area contributed by atoms with Crippen LogP contribution >= 0.6 is 24.0 Å². The lowest BCUT2D eigenvalue weighted by Gasteiger charge is -2.42. The predicted molar refractivity (Wildman–Crippen MR) is 104 cm³/mol. The predicted octanol–water partition coefficient (Wildman–Crippen LogP) is 2.22. The summed E-state index contributed by atoms with van der Waals surface area (Å²) in [5, 5.41) is 3.81. The van der Waals surface area contributed by atoms with Crippen LogP contribution in [0.2, 0.25) is 5.02 Å². The molecule has 2 saturated heterocycles. The van der Waals surface area contributed by atoms with Crippen LogP contribution in [0.5, 0.6) is 0 Å². The second-order valence-corrected chi connectivity index (χ2v) is 7.84. The van der Waals surface area contributed by atoms with Crippen molar-refractivity contribution in [2.75, 3.05) is 32.7 Å².